The van der Waals surface area contributed by atoms with Gasteiger partial charge < -0.3 is 9.47 Å². The molecule has 0 aliphatic heterocycles. The summed E-state index contributed by atoms with van der Waals surface area (Å²) in [6, 6.07) is 6.49. The molecule has 0 radical (unpaired) electrons. The van der Waals surface area contributed by atoms with Crippen molar-refractivity contribution in [3.63, 3.8) is 0 Å². The first-order valence-corrected chi connectivity index (χ1v) is 9.25. The number of rotatable bonds is 12. The van der Waals surface area contributed by atoms with E-state index < -0.39 is 21.8 Å². The molecule has 0 aliphatic carbocycles. The number of carbonyl (C=O) groups excluding carboxylic acids is 2. The van der Waals surface area contributed by atoms with Gasteiger partial charge in [0, 0.05) is 38.8 Å². The molecule has 0 N–H and O–H groups in total. The fourth-order valence-corrected chi connectivity index (χ4v) is 2.44. The molecule has 1 aromatic carbocycles. The number of benzene rings is 1. The van der Waals surface area contributed by atoms with Crippen LogP contribution in [0.2, 0.25) is 0 Å². The predicted molar refractivity (Wildman–Crippen MR) is 108 cm³/mol. The van der Waals surface area contributed by atoms with Crippen LogP contribution >= 0.6 is 0 Å². The van der Waals surface area contributed by atoms with E-state index in [1.165, 1.54) is 26.0 Å². The lowest BCUT2D eigenvalue weighted by atomic mass is 10.1. The number of nitro groups is 2. The first-order valence-electron chi connectivity index (χ1n) is 9.25. The molecule has 10 nitrogen and oxygen atoms in total. The Kier molecular flexibility index (Phi) is 10.5. The zero-order chi connectivity index (χ0) is 22.5. The van der Waals surface area contributed by atoms with E-state index in [1.54, 1.807) is 24.3 Å². The average Bonchev–Trinajstić information content (AvgIpc) is 2.67. The summed E-state index contributed by atoms with van der Waals surface area (Å²) in [5, 5.41) is 22.4. The second kappa shape index (κ2) is 12.8. The molecule has 162 valence electrons. The largest absolute Gasteiger partial charge is 0.466 e. The SMILES string of the molecule is CC(=O)OCCCC(=Cc1ccc(C=C(CCCOC(C)=O)[N+](=O)[O-])cc1)[N+](=O)[O-]. The van der Waals surface area contributed by atoms with E-state index in [-0.39, 0.29) is 37.4 Å². The van der Waals surface area contributed by atoms with Gasteiger partial charge in [0.25, 0.3) is 0 Å². The van der Waals surface area contributed by atoms with Gasteiger partial charge >= 0.3 is 11.9 Å². The fraction of sp³-hybridized carbons (Fsp3) is 0.400. The molecule has 0 unspecified atom stereocenters. The number of hydrogen-bond acceptors (Lipinski definition) is 8. The Bertz CT molecular complexity index is 759. The van der Waals surface area contributed by atoms with Crippen molar-refractivity contribution < 1.29 is 28.9 Å². The van der Waals surface area contributed by atoms with Crippen LogP contribution in [0.5, 0.6) is 0 Å². The minimum absolute atomic E-state index is 0.0260. The van der Waals surface area contributed by atoms with Gasteiger partial charge in [0.15, 0.2) is 0 Å². The topological polar surface area (TPSA) is 139 Å². The Morgan fingerprint density at radius 3 is 1.40 bits per heavy atom. The molecule has 0 bridgehead atoms. The Labute approximate surface area is 173 Å². The van der Waals surface area contributed by atoms with Gasteiger partial charge in [-0.2, -0.15) is 0 Å². The molecule has 0 atom stereocenters. The van der Waals surface area contributed by atoms with Gasteiger partial charge in [-0.1, -0.05) is 24.3 Å². The van der Waals surface area contributed by atoms with Crippen LogP contribution in [-0.4, -0.2) is 35.0 Å². The monoisotopic (exact) mass is 420 g/mol. The average molecular weight is 420 g/mol. The van der Waals surface area contributed by atoms with Crippen molar-refractivity contribution in [2.75, 3.05) is 13.2 Å². The lowest BCUT2D eigenvalue weighted by Crippen LogP contribution is -2.04. The summed E-state index contributed by atoms with van der Waals surface area (Å²) in [5.74, 6) is -0.878. The zero-order valence-electron chi connectivity index (χ0n) is 16.9. The van der Waals surface area contributed by atoms with Crippen LogP contribution in [0.1, 0.15) is 50.7 Å². The molecule has 0 aromatic heterocycles. The van der Waals surface area contributed by atoms with Crippen molar-refractivity contribution in [2.24, 2.45) is 0 Å². The zero-order valence-corrected chi connectivity index (χ0v) is 16.9. The third kappa shape index (κ3) is 10.1. The van der Waals surface area contributed by atoms with E-state index in [9.17, 15) is 29.8 Å². The number of allylic oxidation sites excluding steroid dienone is 2. The van der Waals surface area contributed by atoms with Crippen LogP contribution in [0.15, 0.2) is 35.7 Å². The van der Waals surface area contributed by atoms with E-state index in [2.05, 4.69) is 0 Å². The molecule has 10 heteroatoms. The summed E-state index contributed by atoms with van der Waals surface area (Å²) in [5.41, 5.74) is 1.09. The van der Waals surface area contributed by atoms with Gasteiger partial charge in [0.05, 0.1) is 23.1 Å². The maximum atomic E-state index is 11.2. The Morgan fingerprint density at radius 1 is 0.800 bits per heavy atom. The first-order chi connectivity index (χ1) is 14.2. The summed E-state index contributed by atoms with van der Waals surface area (Å²) >= 11 is 0. The minimum atomic E-state index is -0.491. The third-order valence-electron chi connectivity index (χ3n) is 3.84. The predicted octanol–water partition coefficient (Wildman–Crippen LogP) is 3.61. The standard InChI is InChI=1S/C20H24N2O8/c1-15(23)29-11-3-5-19(21(25)26)13-17-7-9-18(10-8-17)14-20(22(27)28)6-4-12-30-16(2)24/h7-10,13-14H,3-6,11-12H2,1-2H3. The van der Waals surface area contributed by atoms with Crippen LogP contribution < -0.4 is 0 Å². The minimum Gasteiger partial charge on any atom is -0.466 e. The molecule has 0 aliphatic rings. The van der Waals surface area contributed by atoms with Gasteiger partial charge in [-0.05, 0) is 24.0 Å². The van der Waals surface area contributed by atoms with Crippen LogP contribution in [0.3, 0.4) is 0 Å². The van der Waals surface area contributed by atoms with E-state index in [0.29, 0.717) is 24.0 Å². The van der Waals surface area contributed by atoms with Gasteiger partial charge in [-0.15, -0.1) is 0 Å². The lowest BCUT2D eigenvalue weighted by Gasteiger charge is -2.03. The second-order valence-corrected chi connectivity index (χ2v) is 6.34. The molecule has 0 spiro atoms. The lowest BCUT2D eigenvalue weighted by molar-refractivity contribution is -0.426. The summed E-state index contributed by atoms with van der Waals surface area (Å²) in [6.45, 7) is 2.74. The molecule has 0 fully saturated rings. The third-order valence-corrected chi connectivity index (χ3v) is 3.84. The Hall–Kier alpha value is -3.56. The highest BCUT2D eigenvalue weighted by Gasteiger charge is 2.13. The van der Waals surface area contributed by atoms with Crippen molar-refractivity contribution in [1.82, 2.24) is 0 Å². The van der Waals surface area contributed by atoms with Crippen molar-refractivity contribution in [2.45, 2.75) is 39.5 Å². The van der Waals surface area contributed by atoms with E-state index in [0.717, 1.165) is 0 Å². The van der Waals surface area contributed by atoms with Gasteiger partial charge in [0.1, 0.15) is 0 Å². The molecule has 30 heavy (non-hydrogen) atoms. The highest BCUT2D eigenvalue weighted by Crippen LogP contribution is 2.17. The molecule has 0 saturated carbocycles. The smallest absolute Gasteiger partial charge is 0.302 e. The molecule has 0 saturated heterocycles. The van der Waals surface area contributed by atoms with Crippen molar-refractivity contribution in [1.29, 1.82) is 0 Å². The number of hydrogen-bond donors (Lipinski definition) is 0. The summed E-state index contributed by atoms with van der Waals surface area (Å²) < 4.78 is 9.53. The van der Waals surface area contributed by atoms with Crippen molar-refractivity contribution in [3.8, 4) is 0 Å². The van der Waals surface area contributed by atoms with E-state index in [1.807, 2.05) is 0 Å². The van der Waals surface area contributed by atoms with Crippen LogP contribution in [0, 0.1) is 20.2 Å². The van der Waals surface area contributed by atoms with Gasteiger partial charge in [-0.25, -0.2) is 0 Å². The quantitative estimate of drug-likeness (QED) is 0.216. The summed E-state index contributed by atoms with van der Waals surface area (Å²) in [6.07, 6.45) is 3.74. The number of carbonyl (C=O) groups is 2. The molecular weight excluding hydrogens is 396 g/mol. The maximum absolute atomic E-state index is 11.2. The van der Waals surface area contributed by atoms with E-state index in [4.69, 9.17) is 9.47 Å². The highest BCUT2D eigenvalue weighted by atomic mass is 16.6. The number of esters is 2. The first kappa shape index (κ1) is 24.5. The highest BCUT2D eigenvalue weighted by molar-refractivity contribution is 5.66. The number of ether oxygens (including phenoxy) is 2. The molecule has 1 aromatic rings. The van der Waals surface area contributed by atoms with Crippen molar-refractivity contribution in [3.05, 3.63) is 67.0 Å². The molecule has 0 heterocycles. The summed E-state index contributed by atoms with van der Waals surface area (Å²) in [4.78, 5) is 42.9. The summed E-state index contributed by atoms with van der Waals surface area (Å²) in [7, 11) is 0. The fourth-order valence-electron chi connectivity index (χ4n) is 2.44. The van der Waals surface area contributed by atoms with E-state index >= 15 is 0 Å². The Morgan fingerprint density at radius 2 is 1.13 bits per heavy atom. The normalized spacial score (nSPS) is 11.7. The number of nitrogens with zero attached hydrogens (tertiary/aromatic N) is 2. The Balaban J connectivity index is 2.80. The van der Waals surface area contributed by atoms with Gasteiger partial charge in [-0.3, -0.25) is 29.8 Å². The maximum Gasteiger partial charge on any atom is 0.302 e. The molecular formula is C20H24N2O8. The van der Waals surface area contributed by atoms with Crippen LogP contribution in [0.25, 0.3) is 12.2 Å². The molecule has 0 amide bonds. The van der Waals surface area contributed by atoms with Crippen molar-refractivity contribution >= 4 is 24.1 Å². The van der Waals surface area contributed by atoms with Crippen LogP contribution in [0.4, 0.5) is 0 Å². The second-order valence-electron chi connectivity index (χ2n) is 6.34. The van der Waals surface area contributed by atoms with Gasteiger partial charge in [0.2, 0.25) is 11.4 Å². The van der Waals surface area contributed by atoms with Crippen LogP contribution in [-0.2, 0) is 19.1 Å². The molecule has 1 rings (SSSR count).